The van der Waals surface area contributed by atoms with E-state index in [1.807, 2.05) is 0 Å². The van der Waals surface area contributed by atoms with Gasteiger partial charge in [0.05, 0.1) is 0 Å². The van der Waals surface area contributed by atoms with Crippen LogP contribution in [0.5, 0.6) is 0 Å². The number of benzene rings is 2. The van der Waals surface area contributed by atoms with Crippen molar-refractivity contribution in [3.8, 4) is 0 Å². The average molecular weight is 491 g/mol. The molecule has 2 aliphatic rings. The van der Waals surface area contributed by atoms with Gasteiger partial charge in [0, 0.05) is 31.0 Å². The third-order valence-corrected chi connectivity index (χ3v) is 8.00. The number of nitrogens with one attached hydrogen (secondary N) is 2. The summed E-state index contributed by atoms with van der Waals surface area (Å²) in [6, 6.07) is 18.7. The molecule has 196 valence electrons. The number of hydrogen-bond donors (Lipinski definition) is 2. The second kappa shape index (κ2) is 11.0. The Morgan fingerprint density at radius 2 is 1.33 bits per heavy atom. The topological polar surface area (TPSA) is 50.4 Å². The van der Waals surface area contributed by atoms with Crippen LogP contribution in [0.3, 0.4) is 0 Å². The summed E-state index contributed by atoms with van der Waals surface area (Å²) >= 11 is 0. The molecule has 2 N–H and O–H groups in total. The summed E-state index contributed by atoms with van der Waals surface area (Å²) in [6.45, 7) is 14.2. The maximum Gasteiger partial charge on any atom is 0.407 e. The summed E-state index contributed by atoms with van der Waals surface area (Å²) in [5.41, 5.74) is 5.53. The molecule has 2 atom stereocenters. The van der Waals surface area contributed by atoms with Crippen molar-refractivity contribution in [2.75, 3.05) is 6.54 Å². The second-order valence-electron chi connectivity index (χ2n) is 13.0. The lowest BCUT2D eigenvalue weighted by Crippen LogP contribution is -2.38. The molecule has 0 bridgehead atoms. The lowest BCUT2D eigenvalue weighted by Gasteiger charge is -2.27. The molecule has 0 unspecified atom stereocenters. The Morgan fingerprint density at radius 1 is 0.833 bits per heavy atom. The van der Waals surface area contributed by atoms with Crippen LogP contribution in [0, 0.1) is 0 Å². The lowest BCUT2D eigenvalue weighted by molar-refractivity contribution is 0.101. The largest absolute Gasteiger partial charge is 0.445 e. The molecule has 0 radical (unpaired) electrons. The highest BCUT2D eigenvalue weighted by Gasteiger charge is 2.35. The Kier molecular flexibility index (Phi) is 8.14. The Morgan fingerprint density at radius 3 is 1.81 bits per heavy atom. The Bertz CT molecular complexity index is 935. The molecule has 1 saturated heterocycles. The van der Waals surface area contributed by atoms with Crippen LogP contribution in [0.1, 0.15) is 108 Å². The van der Waals surface area contributed by atoms with E-state index in [4.69, 9.17) is 4.74 Å². The number of rotatable bonds is 5. The van der Waals surface area contributed by atoms with Crippen molar-refractivity contribution in [1.29, 1.82) is 0 Å². The predicted octanol–water partition coefficient (Wildman–Crippen LogP) is 7.20. The van der Waals surface area contributed by atoms with E-state index < -0.39 is 0 Å². The van der Waals surface area contributed by atoms with Crippen LogP contribution >= 0.6 is 0 Å². The molecule has 2 aromatic rings. The Balaban J connectivity index is 1.51. The van der Waals surface area contributed by atoms with E-state index in [2.05, 4.69) is 101 Å². The van der Waals surface area contributed by atoms with Crippen LogP contribution in [0.25, 0.3) is 0 Å². The minimum atomic E-state index is -0.255. The van der Waals surface area contributed by atoms with Gasteiger partial charge in [0.2, 0.25) is 0 Å². The molecule has 36 heavy (non-hydrogen) atoms. The fraction of sp³-hybridized carbons (Fsp3) is 0.594. The van der Waals surface area contributed by atoms with Gasteiger partial charge in [-0.15, -0.1) is 0 Å². The molecule has 0 spiro atoms. The normalized spacial score (nSPS) is 21.5. The smallest absolute Gasteiger partial charge is 0.407 e. The van der Waals surface area contributed by atoms with Crippen molar-refractivity contribution in [1.82, 2.24) is 10.6 Å². The summed E-state index contributed by atoms with van der Waals surface area (Å²) in [4.78, 5) is 12.6. The molecule has 1 amide bonds. The van der Waals surface area contributed by atoms with Crippen LogP contribution in [0.15, 0.2) is 48.5 Å². The zero-order chi connectivity index (χ0) is 25.9. The number of ether oxygens (including phenoxy) is 1. The highest BCUT2D eigenvalue weighted by molar-refractivity contribution is 5.67. The SMILES string of the molecule is CC(C)(C)c1ccc(C(c2ccc(C(C)(C)C)cc2)[C@H]2C[C@@H](OC(=O)NC3CCCCC3)CN2)cc1. The van der Waals surface area contributed by atoms with E-state index in [9.17, 15) is 4.79 Å². The van der Waals surface area contributed by atoms with Gasteiger partial charge in [0.25, 0.3) is 0 Å². The first-order valence-corrected chi connectivity index (χ1v) is 13.9. The van der Waals surface area contributed by atoms with Crippen LogP contribution in [-0.4, -0.2) is 30.8 Å². The maximum absolute atomic E-state index is 12.6. The third-order valence-electron chi connectivity index (χ3n) is 8.00. The van der Waals surface area contributed by atoms with E-state index in [-0.39, 0.29) is 41.0 Å². The van der Waals surface area contributed by atoms with Gasteiger partial charge in [-0.25, -0.2) is 4.79 Å². The molecule has 2 fully saturated rings. The zero-order valence-corrected chi connectivity index (χ0v) is 23.2. The minimum absolute atomic E-state index is 0.108. The summed E-state index contributed by atoms with van der Waals surface area (Å²) in [6.07, 6.45) is 6.25. The van der Waals surface area contributed by atoms with Gasteiger partial charge in [0.15, 0.2) is 0 Å². The predicted molar refractivity (Wildman–Crippen MR) is 149 cm³/mol. The molecular weight excluding hydrogens is 444 g/mol. The molecular formula is C32H46N2O2. The summed E-state index contributed by atoms with van der Waals surface area (Å²) in [5.74, 6) is 0.197. The Labute approximate surface area is 218 Å². The van der Waals surface area contributed by atoms with E-state index >= 15 is 0 Å². The first-order valence-electron chi connectivity index (χ1n) is 13.9. The number of carbonyl (C=O) groups is 1. The highest BCUT2D eigenvalue weighted by atomic mass is 16.6. The van der Waals surface area contributed by atoms with E-state index in [1.165, 1.54) is 41.5 Å². The van der Waals surface area contributed by atoms with Crippen molar-refractivity contribution in [2.24, 2.45) is 0 Å². The van der Waals surface area contributed by atoms with Crippen molar-refractivity contribution in [3.05, 3.63) is 70.8 Å². The number of hydrogen-bond acceptors (Lipinski definition) is 3. The molecule has 1 saturated carbocycles. The second-order valence-corrected chi connectivity index (χ2v) is 13.0. The van der Waals surface area contributed by atoms with Crippen molar-refractivity contribution < 1.29 is 9.53 Å². The molecule has 4 nitrogen and oxygen atoms in total. The van der Waals surface area contributed by atoms with Crippen LogP contribution in [-0.2, 0) is 15.6 Å². The monoisotopic (exact) mass is 490 g/mol. The van der Waals surface area contributed by atoms with Crippen molar-refractivity contribution >= 4 is 6.09 Å². The van der Waals surface area contributed by atoms with Gasteiger partial charge < -0.3 is 15.4 Å². The molecule has 4 rings (SSSR count). The average Bonchev–Trinajstić information content (AvgIpc) is 3.27. The van der Waals surface area contributed by atoms with Crippen LogP contribution in [0.2, 0.25) is 0 Å². The van der Waals surface area contributed by atoms with Crippen molar-refractivity contribution in [2.45, 2.75) is 115 Å². The minimum Gasteiger partial charge on any atom is -0.445 e. The standard InChI is InChI=1S/C32H46N2O2/c1-31(2,3)24-16-12-22(13-17-24)29(23-14-18-25(19-15-23)32(4,5)6)28-20-27(21-33-28)36-30(35)34-26-10-8-7-9-11-26/h12-19,26-29,33H,7-11,20-21H2,1-6H3,(H,34,35)/t27-,28-/m1/s1. The molecule has 2 aromatic carbocycles. The van der Waals surface area contributed by atoms with Crippen LogP contribution in [0.4, 0.5) is 4.79 Å². The summed E-state index contributed by atoms with van der Waals surface area (Å²) in [5, 5.41) is 6.80. The van der Waals surface area contributed by atoms with E-state index in [0.29, 0.717) is 6.54 Å². The van der Waals surface area contributed by atoms with Gasteiger partial charge in [-0.1, -0.05) is 109 Å². The first-order chi connectivity index (χ1) is 17.0. The fourth-order valence-electron chi connectivity index (χ4n) is 5.71. The van der Waals surface area contributed by atoms with Crippen molar-refractivity contribution in [3.63, 3.8) is 0 Å². The molecule has 1 aliphatic carbocycles. The van der Waals surface area contributed by atoms with Gasteiger partial charge in [-0.05, 0) is 45.9 Å². The summed E-state index contributed by atoms with van der Waals surface area (Å²) in [7, 11) is 0. The number of alkyl carbamates (subject to hydrolysis) is 1. The van der Waals surface area contributed by atoms with Gasteiger partial charge >= 0.3 is 6.09 Å². The van der Waals surface area contributed by atoms with Crippen LogP contribution < -0.4 is 10.6 Å². The molecule has 1 heterocycles. The molecule has 0 aromatic heterocycles. The third kappa shape index (κ3) is 6.70. The highest BCUT2D eigenvalue weighted by Crippen LogP contribution is 2.35. The first kappa shape index (κ1) is 26.7. The fourth-order valence-corrected chi connectivity index (χ4v) is 5.71. The summed E-state index contributed by atoms with van der Waals surface area (Å²) < 4.78 is 5.88. The van der Waals surface area contributed by atoms with E-state index in [0.717, 1.165) is 19.3 Å². The van der Waals surface area contributed by atoms with Gasteiger partial charge in [-0.2, -0.15) is 0 Å². The molecule has 1 aliphatic heterocycles. The number of carbonyl (C=O) groups excluding carboxylic acids is 1. The Hall–Kier alpha value is -2.33. The number of amides is 1. The van der Waals surface area contributed by atoms with Gasteiger partial charge in [-0.3, -0.25) is 0 Å². The maximum atomic E-state index is 12.6. The van der Waals surface area contributed by atoms with E-state index in [1.54, 1.807) is 0 Å². The lowest BCUT2D eigenvalue weighted by atomic mass is 9.80. The molecule has 4 heteroatoms. The van der Waals surface area contributed by atoms with Gasteiger partial charge in [0.1, 0.15) is 6.10 Å². The zero-order valence-electron chi connectivity index (χ0n) is 23.2. The quantitative estimate of drug-likeness (QED) is 0.466.